The van der Waals surface area contributed by atoms with Gasteiger partial charge in [-0.25, -0.2) is 4.79 Å². The van der Waals surface area contributed by atoms with E-state index in [1.165, 1.54) is 19.2 Å². The molecule has 0 saturated carbocycles. The fourth-order valence-electron chi connectivity index (χ4n) is 2.42. The van der Waals surface area contributed by atoms with Gasteiger partial charge in [0.1, 0.15) is 5.56 Å². The van der Waals surface area contributed by atoms with Gasteiger partial charge >= 0.3 is 5.97 Å². The molecule has 1 saturated heterocycles. The van der Waals surface area contributed by atoms with Crippen LogP contribution < -0.4 is 0 Å². The number of ether oxygens (including phenoxy) is 2. The minimum atomic E-state index is -0.748. The first-order valence-electron chi connectivity index (χ1n) is 6.43. The highest BCUT2D eigenvalue weighted by molar-refractivity contribution is 5.99. The zero-order valence-electron chi connectivity index (χ0n) is 11.3. The summed E-state index contributed by atoms with van der Waals surface area (Å²) in [5.41, 5.74) is 0.146. The highest BCUT2D eigenvalue weighted by Crippen LogP contribution is 2.28. The Hall–Kier alpha value is -2.48. The average molecular weight is 291 g/mol. The molecule has 1 atom stereocenters. The van der Waals surface area contributed by atoms with E-state index in [0.29, 0.717) is 24.1 Å². The number of nitrogens with zero attached hydrogens (tertiary/aromatic N) is 3. The van der Waals surface area contributed by atoms with Crippen LogP contribution in [0, 0.1) is 10.1 Å². The maximum atomic E-state index is 11.7. The summed E-state index contributed by atoms with van der Waals surface area (Å²) >= 11 is 0. The first-order valence-corrected chi connectivity index (χ1v) is 6.43. The highest BCUT2D eigenvalue weighted by Gasteiger charge is 2.24. The molecule has 110 valence electrons. The zero-order chi connectivity index (χ0) is 15.0. The van der Waals surface area contributed by atoms with E-state index in [-0.39, 0.29) is 17.3 Å². The van der Waals surface area contributed by atoms with E-state index in [1.807, 2.05) is 0 Å². The Bertz CT molecular complexity index is 718. The number of aromatic nitrogens is 2. The van der Waals surface area contributed by atoms with E-state index >= 15 is 0 Å². The fraction of sp³-hybridized carbons (Fsp3) is 0.385. The van der Waals surface area contributed by atoms with Crippen molar-refractivity contribution in [2.75, 3.05) is 20.3 Å². The van der Waals surface area contributed by atoms with Crippen molar-refractivity contribution in [3.05, 3.63) is 34.0 Å². The topological polar surface area (TPSA) is 96.5 Å². The maximum Gasteiger partial charge on any atom is 0.344 e. The molecule has 1 aliphatic rings. The summed E-state index contributed by atoms with van der Waals surface area (Å²) in [5.74, 6) is -0.748. The molecule has 0 spiro atoms. The molecule has 2 heterocycles. The van der Waals surface area contributed by atoms with Crippen LogP contribution in [-0.4, -0.2) is 41.0 Å². The number of methoxy groups -OCH3 is 1. The second-order valence-corrected chi connectivity index (χ2v) is 4.80. The molecule has 8 heteroatoms. The molecule has 0 aliphatic carbocycles. The summed E-state index contributed by atoms with van der Waals surface area (Å²) in [5, 5.41) is 16.1. The van der Waals surface area contributed by atoms with Gasteiger partial charge in [0, 0.05) is 24.3 Å². The van der Waals surface area contributed by atoms with E-state index < -0.39 is 10.9 Å². The van der Waals surface area contributed by atoms with Gasteiger partial charge in [-0.1, -0.05) is 0 Å². The van der Waals surface area contributed by atoms with Crippen LogP contribution in [0.2, 0.25) is 0 Å². The van der Waals surface area contributed by atoms with Gasteiger partial charge in [-0.15, -0.1) is 0 Å². The Kier molecular flexibility index (Phi) is 3.30. The van der Waals surface area contributed by atoms with Gasteiger partial charge in [0.2, 0.25) is 0 Å². The number of fused-ring (bicyclic) bond motifs is 1. The molecule has 0 amide bonds. The zero-order valence-corrected chi connectivity index (χ0v) is 11.3. The van der Waals surface area contributed by atoms with Crippen LogP contribution in [0.5, 0.6) is 0 Å². The largest absolute Gasteiger partial charge is 0.465 e. The van der Waals surface area contributed by atoms with Crippen LogP contribution in [-0.2, 0) is 9.47 Å². The Morgan fingerprint density at radius 1 is 1.57 bits per heavy atom. The van der Waals surface area contributed by atoms with E-state index in [0.717, 1.165) is 6.42 Å². The minimum Gasteiger partial charge on any atom is -0.465 e. The Balaban J connectivity index is 2.12. The quantitative estimate of drug-likeness (QED) is 0.485. The molecule has 3 rings (SSSR count). The van der Waals surface area contributed by atoms with Gasteiger partial charge in [-0.05, 0) is 12.5 Å². The SMILES string of the molecule is COC(=O)c1cc2nn([C@H]3CCOC3)cc2cc1[N+](=O)[O-]. The number of carbonyl (C=O) groups is 1. The third-order valence-electron chi connectivity index (χ3n) is 3.52. The van der Waals surface area contributed by atoms with Crippen LogP contribution in [0.25, 0.3) is 10.9 Å². The third kappa shape index (κ3) is 2.33. The van der Waals surface area contributed by atoms with Crippen molar-refractivity contribution in [3.8, 4) is 0 Å². The van der Waals surface area contributed by atoms with Crippen molar-refractivity contribution in [1.82, 2.24) is 9.78 Å². The Morgan fingerprint density at radius 2 is 2.38 bits per heavy atom. The second kappa shape index (κ2) is 5.13. The van der Waals surface area contributed by atoms with Crippen LogP contribution in [0.15, 0.2) is 18.3 Å². The second-order valence-electron chi connectivity index (χ2n) is 4.80. The average Bonchev–Trinajstić information content (AvgIpc) is 3.12. The summed E-state index contributed by atoms with van der Waals surface area (Å²) in [4.78, 5) is 22.2. The molecule has 1 fully saturated rings. The Labute approximate surface area is 119 Å². The molecule has 0 radical (unpaired) electrons. The predicted octanol–water partition coefficient (Wildman–Crippen LogP) is 1.69. The number of benzene rings is 1. The van der Waals surface area contributed by atoms with E-state index in [2.05, 4.69) is 9.84 Å². The molecule has 0 unspecified atom stereocenters. The lowest BCUT2D eigenvalue weighted by Gasteiger charge is -2.06. The fourth-order valence-corrected chi connectivity index (χ4v) is 2.42. The molecule has 21 heavy (non-hydrogen) atoms. The van der Waals surface area contributed by atoms with Gasteiger partial charge in [0.15, 0.2) is 0 Å². The van der Waals surface area contributed by atoms with Crippen LogP contribution in [0.3, 0.4) is 0 Å². The van der Waals surface area contributed by atoms with E-state index in [1.54, 1.807) is 10.9 Å². The van der Waals surface area contributed by atoms with Crippen LogP contribution in [0.4, 0.5) is 5.69 Å². The number of esters is 1. The maximum absolute atomic E-state index is 11.7. The molecule has 2 aromatic rings. The standard InChI is InChI=1S/C13H13N3O5/c1-20-13(17)10-5-11-8(4-12(10)16(18)19)6-15(14-11)9-2-3-21-7-9/h4-6,9H,2-3,7H2,1H3/t9-/m0/s1. The monoisotopic (exact) mass is 291 g/mol. The van der Waals surface area contributed by atoms with Crippen molar-refractivity contribution in [2.45, 2.75) is 12.5 Å². The van der Waals surface area contributed by atoms with Gasteiger partial charge < -0.3 is 9.47 Å². The van der Waals surface area contributed by atoms with Gasteiger partial charge in [-0.2, -0.15) is 5.10 Å². The van der Waals surface area contributed by atoms with Crippen molar-refractivity contribution >= 4 is 22.6 Å². The van der Waals surface area contributed by atoms with Crippen molar-refractivity contribution < 1.29 is 19.2 Å². The number of nitro groups is 1. The molecule has 1 aliphatic heterocycles. The molecule has 1 aromatic heterocycles. The van der Waals surface area contributed by atoms with Gasteiger partial charge in [0.05, 0.1) is 30.2 Å². The summed E-state index contributed by atoms with van der Waals surface area (Å²) in [6, 6.07) is 2.87. The van der Waals surface area contributed by atoms with Crippen molar-refractivity contribution in [2.24, 2.45) is 0 Å². The lowest BCUT2D eigenvalue weighted by molar-refractivity contribution is -0.385. The Morgan fingerprint density at radius 3 is 3.00 bits per heavy atom. The summed E-state index contributed by atoms with van der Waals surface area (Å²) in [7, 11) is 1.19. The van der Waals surface area contributed by atoms with Crippen LogP contribution in [0.1, 0.15) is 22.8 Å². The summed E-state index contributed by atoms with van der Waals surface area (Å²) in [6.45, 7) is 1.24. The molecule has 0 bridgehead atoms. The molecular formula is C13H13N3O5. The lowest BCUT2D eigenvalue weighted by atomic mass is 10.1. The third-order valence-corrected chi connectivity index (χ3v) is 3.52. The van der Waals surface area contributed by atoms with Crippen molar-refractivity contribution in [3.63, 3.8) is 0 Å². The smallest absolute Gasteiger partial charge is 0.344 e. The first-order chi connectivity index (χ1) is 10.1. The number of carbonyl (C=O) groups excluding carboxylic acids is 1. The summed E-state index contributed by atoms with van der Waals surface area (Å²) in [6.07, 6.45) is 2.59. The highest BCUT2D eigenvalue weighted by atomic mass is 16.6. The lowest BCUT2D eigenvalue weighted by Crippen LogP contribution is -2.08. The number of rotatable bonds is 3. The number of hydrogen-bond acceptors (Lipinski definition) is 6. The predicted molar refractivity (Wildman–Crippen MR) is 72.2 cm³/mol. The van der Waals surface area contributed by atoms with Gasteiger partial charge in [0.25, 0.3) is 5.69 Å². The van der Waals surface area contributed by atoms with Crippen LogP contribution >= 0.6 is 0 Å². The van der Waals surface area contributed by atoms with Crippen molar-refractivity contribution in [1.29, 1.82) is 0 Å². The van der Waals surface area contributed by atoms with E-state index in [9.17, 15) is 14.9 Å². The molecule has 0 N–H and O–H groups in total. The molecular weight excluding hydrogens is 278 g/mol. The number of hydrogen-bond donors (Lipinski definition) is 0. The minimum absolute atomic E-state index is 0.0945. The normalized spacial score (nSPS) is 18.0. The van der Waals surface area contributed by atoms with Gasteiger partial charge in [-0.3, -0.25) is 14.8 Å². The number of nitro benzene ring substituents is 1. The van der Waals surface area contributed by atoms with E-state index in [4.69, 9.17) is 4.74 Å². The first kappa shape index (κ1) is 13.5. The molecule has 1 aromatic carbocycles. The summed E-state index contributed by atoms with van der Waals surface area (Å²) < 4.78 is 11.6. The molecule has 8 nitrogen and oxygen atoms in total.